The molecule has 0 atom stereocenters. The van der Waals surface area contributed by atoms with Crippen LogP contribution in [0.5, 0.6) is 5.75 Å². The molecule has 0 spiro atoms. The molecule has 2 aliphatic rings. The Morgan fingerprint density at radius 2 is 2.20 bits per heavy atom. The SMILES string of the molecule is CC(C)COc1cnc(C2CC2)c(C2(C(=O)O)CC2)c1. The van der Waals surface area contributed by atoms with E-state index in [0.29, 0.717) is 24.2 Å². The van der Waals surface area contributed by atoms with E-state index in [4.69, 9.17) is 4.74 Å². The first kappa shape index (κ1) is 13.4. The van der Waals surface area contributed by atoms with Crippen LogP contribution in [0, 0.1) is 5.92 Å². The second-order valence-corrected chi connectivity index (χ2v) is 6.47. The smallest absolute Gasteiger partial charge is 0.314 e. The number of nitrogens with zero attached hydrogens (tertiary/aromatic N) is 1. The maximum absolute atomic E-state index is 11.6. The molecule has 0 unspecified atom stereocenters. The predicted octanol–water partition coefficient (Wildman–Crippen LogP) is 3.11. The molecule has 1 aromatic heterocycles. The van der Waals surface area contributed by atoms with E-state index < -0.39 is 11.4 Å². The molecule has 0 aromatic carbocycles. The molecule has 0 saturated heterocycles. The van der Waals surface area contributed by atoms with Gasteiger partial charge in [-0.2, -0.15) is 0 Å². The van der Waals surface area contributed by atoms with E-state index in [1.54, 1.807) is 6.20 Å². The zero-order chi connectivity index (χ0) is 14.3. The molecule has 4 nitrogen and oxygen atoms in total. The molecular formula is C16H21NO3. The molecular weight excluding hydrogens is 254 g/mol. The minimum Gasteiger partial charge on any atom is -0.492 e. The molecule has 1 N–H and O–H groups in total. The quantitative estimate of drug-likeness (QED) is 0.866. The van der Waals surface area contributed by atoms with Gasteiger partial charge in [0.1, 0.15) is 5.75 Å². The largest absolute Gasteiger partial charge is 0.492 e. The summed E-state index contributed by atoms with van der Waals surface area (Å²) < 4.78 is 5.71. The van der Waals surface area contributed by atoms with Gasteiger partial charge >= 0.3 is 5.97 Å². The molecule has 2 fully saturated rings. The third kappa shape index (κ3) is 2.39. The molecule has 4 heteroatoms. The fourth-order valence-electron chi connectivity index (χ4n) is 2.59. The van der Waals surface area contributed by atoms with Gasteiger partial charge < -0.3 is 9.84 Å². The highest BCUT2D eigenvalue weighted by Crippen LogP contribution is 2.53. The Hall–Kier alpha value is -1.58. The summed E-state index contributed by atoms with van der Waals surface area (Å²) in [5, 5.41) is 9.52. The Balaban J connectivity index is 1.92. The van der Waals surface area contributed by atoms with Gasteiger partial charge in [-0.05, 0) is 43.2 Å². The maximum Gasteiger partial charge on any atom is 0.314 e. The summed E-state index contributed by atoms with van der Waals surface area (Å²) in [6.07, 6.45) is 5.44. The van der Waals surface area contributed by atoms with Crippen molar-refractivity contribution in [1.29, 1.82) is 0 Å². The van der Waals surface area contributed by atoms with Crippen molar-refractivity contribution in [3.05, 3.63) is 23.5 Å². The molecule has 0 amide bonds. The Morgan fingerprint density at radius 1 is 1.50 bits per heavy atom. The molecule has 1 heterocycles. The van der Waals surface area contributed by atoms with Crippen molar-refractivity contribution in [2.75, 3.05) is 6.61 Å². The van der Waals surface area contributed by atoms with Gasteiger partial charge in [0.2, 0.25) is 0 Å². The van der Waals surface area contributed by atoms with Gasteiger partial charge in [-0.1, -0.05) is 13.8 Å². The van der Waals surface area contributed by atoms with Crippen molar-refractivity contribution in [2.24, 2.45) is 5.92 Å². The minimum absolute atomic E-state index is 0.441. The number of rotatable bonds is 6. The molecule has 0 bridgehead atoms. The minimum atomic E-state index is -0.720. The van der Waals surface area contributed by atoms with Crippen molar-refractivity contribution in [3.8, 4) is 5.75 Å². The molecule has 2 saturated carbocycles. The second kappa shape index (κ2) is 4.76. The summed E-state index contributed by atoms with van der Waals surface area (Å²) in [6, 6.07) is 1.92. The number of carbonyl (C=O) groups is 1. The lowest BCUT2D eigenvalue weighted by Gasteiger charge is -2.17. The average molecular weight is 275 g/mol. The van der Waals surface area contributed by atoms with Crippen LogP contribution < -0.4 is 4.74 Å². The Kier molecular flexibility index (Phi) is 3.19. The number of aromatic nitrogens is 1. The van der Waals surface area contributed by atoms with Crippen LogP contribution in [0.4, 0.5) is 0 Å². The number of hydrogen-bond acceptors (Lipinski definition) is 3. The molecule has 108 valence electrons. The van der Waals surface area contributed by atoms with E-state index in [-0.39, 0.29) is 0 Å². The first-order valence-corrected chi connectivity index (χ1v) is 7.39. The molecule has 0 aliphatic heterocycles. The number of carboxylic acids is 1. The van der Waals surface area contributed by atoms with Gasteiger partial charge in [0, 0.05) is 11.6 Å². The summed E-state index contributed by atoms with van der Waals surface area (Å²) in [6.45, 7) is 4.81. The third-order valence-electron chi connectivity index (χ3n) is 4.12. The molecule has 2 aliphatic carbocycles. The highest BCUT2D eigenvalue weighted by molar-refractivity contribution is 5.85. The van der Waals surface area contributed by atoms with Crippen LogP contribution >= 0.6 is 0 Å². The van der Waals surface area contributed by atoms with Gasteiger partial charge in [0.25, 0.3) is 0 Å². The van der Waals surface area contributed by atoms with Crippen LogP contribution in [0.25, 0.3) is 0 Å². The molecule has 1 aromatic rings. The van der Waals surface area contributed by atoms with Gasteiger partial charge in [0.05, 0.1) is 18.2 Å². The van der Waals surface area contributed by atoms with Crippen LogP contribution in [0.15, 0.2) is 12.3 Å². The van der Waals surface area contributed by atoms with Crippen molar-refractivity contribution in [3.63, 3.8) is 0 Å². The zero-order valence-electron chi connectivity index (χ0n) is 12.1. The van der Waals surface area contributed by atoms with E-state index in [2.05, 4.69) is 18.8 Å². The summed E-state index contributed by atoms with van der Waals surface area (Å²) in [5.74, 6) is 0.879. The summed E-state index contributed by atoms with van der Waals surface area (Å²) >= 11 is 0. The summed E-state index contributed by atoms with van der Waals surface area (Å²) in [4.78, 5) is 16.1. The van der Waals surface area contributed by atoms with Crippen LogP contribution in [0.3, 0.4) is 0 Å². The Labute approximate surface area is 119 Å². The number of carboxylic acid groups (broad SMARTS) is 1. The van der Waals surface area contributed by atoms with Crippen molar-refractivity contribution < 1.29 is 14.6 Å². The van der Waals surface area contributed by atoms with Crippen LogP contribution in [0.1, 0.15) is 56.7 Å². The van der Waals surface area contributed by atoms with E-state index in [1.165, 1.54) is 0 Å². The first-order chi connectivity index (χ1) is 9.53. The Morgan fingerprint density at radius 3 is 2.70 bits per heavy atom. The van der Waals surface area contributed by atoms with Crippen LogP contribution in [0.2, 0.25) is 0 Å². The molecule has 3 rings (SSSR count). The van der Waals surface area contributed by atoms with Gasteiger partial charge in [0.15, 0.2) is 0 Å². The maximum atomic E-state index is 11.6. The Bertz CT molecular complexity index is 531. The highest BCUT2D eigenvalue weighted by atomic mass is 16.5. The van der Waals surface area contributed by atoms with Crippen LogP contribution in [-0.2, 0) is 10.2 Å². The predicted molar refractivity (Wildman–Crippen MR) is 75.1 cm³/mol. The van der Waals surface area contributed by atoms with Crippen molar-refractivity contribution >= 4 is 5.97 Å². The fraction of sp³-hybridized carbons (Fsp3) is 0.625. The fourth-order valence-corrected chi connectivity index (χ4v) is 2.59. The van der Waals surface area contributed by atoms with Crippen molar-refractivity contribution in [1.82, 2.24) is 4.98 Å². The van der Waals surface area contributed by atoms with E-state index >= 15 is 0 Å². The lowest BCUT2D eigenvalue weighted by molar-refractivity contribution is -0.140. The average Bonchev–Trinajstić information content (AvgIpc) is 3.28. The number of pyridine rings is 1. The van der Waals surface area contributed by atoms with E-state index in [1.807, 2.05) is 6.07 Å². The topological polar surface area (TPSA) is 59.4 Å². The van der Waals surface area contributed by atoms with Gasteiger partial charge in [-0.15, -0.1) is 0 Å². The normalized spacial score (nSPS) is 19.9. The summed E-state index contributed by atoms with van der Waals surface area (Å²) in [5.41, 5.74) is 1.19. The number of aliphatic carboxylic acids is 1. The van der Waals surface area contributed by atoms with Crippen LogP contribution in [-0.4, -0.2) is 22.7 Å². The highest BCUT2D eigenvalue weighted by Gasteiger charge is 2.54. The number of ether oxygens (including phenoxy) is 1. The molecule has 20 heavy (non-hydrogen) atoms. The first-order valence-electron chi connectivity index (χ1n) is 7.39. The van der Waals surface area contributed by atoms with Gasteiger partial charge in [-0.25, -0.2) is 0 Å². The third-order valence-corrected chi connectivity index (χ3v) is 4.12. The molecule has 0 radical (unpaired) electrons. The van der Waals surface area contributed by atoms with Gasteiger partial charge in [-0.3, -0.25) is 9.78 Å². The van der Waals surface area contributed by atoms with E-state index in [9.17, 15) is 9.90 Å². The summed E-state index contributed by atoms with van der Waals surface area (Å²) in [7, 11) is 0. The lowest BCUT2D eigenvalue weighted by Crippen LogP contribution is -2.22. The second-order valence-electron chi connectivity index (χ2n) is 6.47. The monoisotopic (exact) mass is 275 g/mol. The number of hydrogen-bond donors (Lipinski definition) is 1. The zero-order valence-corrected chi connectivity index (χ0v) is 12.1. The lowest BCUT2D eigenvalue weighted by atomic mass is 9.92. The van der Waals surface area contributed by atoms with E-state index in [0.717, 1.165) is 36.9 Å². The van der Waals surface area contributed by atoms with Crippen molar-refractivity contribution in [2.45, 2.75) is 50.9 Å². The standard InChI is InChI=1S/C16H21NO3/c1-10(2)9-20-12-7-13(16(5-6-16)15(18)19)14(17-8-12)11-3-4-11/h7-8,10-11H,3-6,9H2,1-2H3,(H,18,19).